The maximum atomic E-state index is 4.28. The molecule has 0 bridgehead atoms. The molecule has 19 heavy (non-hydrogen) atoms. The van der Waals surface area contributed by atoms with E-state index in [1.165, 1.54) is 27.4 Å². The Hall–Kier alpha value is -2.42. The largest absolute Gasteiger partial charge is 0.281 e. The number of hydrogen-bond acceptors (Lipinski definition) is 2. The standard InChI is InChI=1S/C16H13N3/c1-10-7-8-11(2)15-14(10)12-5-3-4-6-13(12)16-18-17-9-19(15)16/h3-9H,1-2H3. The van der Waals surface area contributed by atoms with E-state index < -0.39 is 0 Å². The van der Waals surface area contributed by atoms with Crippen LogP contribution in [-0.2, 0) is 0 Å². The average molecular weight is 247 g/mol. The molecule has 0 atom stereocenters. The van der Waals surface area contributed by atoms with E-state index in [1.54, 1.807) is 6.33 Å². The monoisotopic (exact) mass is 247 g/mol. The van der Waals surface area contributed by atoms with E-state index >= 15 is 0 Å². The van der Waals surface area contributed by atoms with Gasteiger partial charge in [0.15, 0.2) is 5.65 Å². The van der Waals surface area contributed by atoms with Gasteiger partial charge in [0.25, 0.3) is 0 Å². The topological polar surface area (TPSA) is 30.2 Å². The number of rotatable bonds is 0. The molecule has 0 saturated carbocycles. The van der Waals surface area contributed by atoms with Crippen molar-refractivity contribution in [1.82, 2.24) is 14.6 Å². The summed E-state index contributed by atoms with van der Waals surface area (Å²) in [5, 5.41) is 12.1. The van der Waals surface area contributed by atoms with E-state index in [1.807, 2.05) is 6.07 Å². The van der Waals surface area contributed by atoms with Gasteiger partial charge >= 0.3 is 0 Å². The van der Waals surface area contributed by atoms with E-state index in [2.05, 4.69) is 58.8 Å². The highest BCUT2D eigenvalue weighted by molar-refractivity contribution is 6.13. The molecule has 0 amide bonds. The first-order valence-corrected chi connectivity index (χ1v) is 6.38. The van der Waals surface area contributed by atoms with Crippen LogP contribution in [0.1, 0.15) is 11.1 Å². The van der Waals surface area contributed by atoms with Crippen molar-refractivity contribution in [2.45, 2.75) is 13.8 Å². The second-order valence-corrected chi connectivity index (χ2v) is 4.99. The predicted molar refractivity (Wildman–Crippen MR) is 77.5 cm³/mol. The number of aryl methyl sites for hydroxylation is 2. The van der Waals surface area contributed by atoms with Crippen LogP contribution in [0.2, 0.25) is 0 Å². The molecule has 0 aliphatic rings. The third-order valence-corrected chi connectivity index (χ3v) is 3.81. The summed E-state index contributed by atoms with van der Waals surface area (Å²) in [6.07, 6.45) is 1.80. The van der Waals surface area contributed by atoms with Gasteiger partial charge < -0.3 is 0 Å². The molecule has 2 heterocycles. The van der Waals surface area contributed by atoms with Crippen molar-refractivity contribution < 1.29 is 0 Å². The van der Waals surface area contributed by atoms with Crippen LogP contribution < -0.4 is 0 Å². The number of fused-ring (bicyclic) bond motifs is 6. The Bertz CT molecular complexity index is 935. The molecule has 0 aliphatic carbocycles. The Morgan fingerprint density at radius 2 is 1.63 bits per heavy atom. The lowest BCUT2D eigenvalue weighted by molar-refractivity contribution is 1.11. The number of hydrogen-bond donors (Lipinski definition) is 0. The maximum Gasteiger partial charge on any atom is 0.169 e. The minimum Gasteiger partial charge on any atom is -0.281 e. The van der Waals surface area contributed by atoms with Crippen LogP contribution in [0.3, 0.4) is 0 Å². The van der Waals surface area contributed by atoms with Gasteiger partial charge in [0.1, 0.15) is 6.33 Å². The Labute approximate surface area is 110 Å². The van der Waals surface area contributed by atoms with Crippen LogP contribution in [0.5, 0.6) is 0 Å². The molecule has 92 valence electrons. The summed E-state index contributed by atoms with van der Waals surface area (Å²) in [5.41, 5.74) is 4.67. The van der Waals surface area contributed by atoms with Crippen molar-refractivity contribution in [2.75, 3.05) is 0 Å². The number of aromatic nitrogens is 3. The third-order valence-electron chi connectivity index (χ3n) is 3.81. The van der Waals surface area contributed by atoms with Crippen LogP contribution >= 0.6 is 0 Å². The summed E-state index contributed by atoms with van der Waals surface area (Å²) in [6, 6.07) is 12.7. The highest BCUT2D eigenvalue weighted by Gasteiger charge is 2.12. The van der Waals surface area contributed by atoms with Crippen molar-refractivity contribution in [3.8, 4) is 0 Å². The first kappa shape index (κ1) is 10.5. The Morgan fingerprint density at radius 1 is 0.895 bits per heavy atom. The van der Waals surface area contributed by atoms with E-state index in [0.717, 1.165) is 11.0 Å². The highest BCUT2D eigenvalue weighted by Crippen LogP contribution is 2.32. The van der Waals surface area contributed by atoms with Gasteiger partial charge in [-0.3, -0.25) is 4.40 Å². The molecule has 2 aromatic heterocycles. The van der Waals surface area contributed by atoms with E-state index in [0.29, 0.717) is 0 Å². The normalized spacial score (nSPS) is 11.7. The number of pyridine rings is 1. The van der Waals surface area contributed by atoms with Gasteiger partial charge in [-0.15, -0.1) is 10.2 Å². The zero-order valence-corrected chi connectivity index (χ0v) is 10.9. The van der Waals surface area contributed by atoms with Crippen molar-refractivity contribution in [2.24, 2.45) is 0 Å². The van der Waals surface area contributed by atoms with Crippen LogP contribution in [0.25, 0.3) is 27.3 Å². The van der Waals surface area contributed by atoms with E-state index in [-0.39, 0.29) is 0 Å². The highest BCUT2D eigenvalue weighted by atomic mass is 15.2. The Kier molecular flexibility index (Phi) is 1.96. The molecule has 3 nitrogen and oxygen atoms in total. The molecule has 0 spiro atoms. The molecular weight excluding hydrogens is 234 g/mol. The summed E-state index contributed by atoms with van der Waals surface area (Å²) in [4.78, 5) is 0. The molecule has 0 unspecified atom stereocenters. The second kappa shape index (κ2) is 3.54. The minimum absolute atomic E-state index is 0.928. The zero-order chi connectivity index (χ0) is 13.0. The minimum atomic E-state index is 0.928. The quantitative estimate of drug-likeness (QED) is 0.444. The van der Waals surface area contributed by atoms with Gasteiger partial charge in [0.05, 0.1) is 5.52 Å². The first-order chi connectivity index (χ1) is 9.27. The molecular formula is C16H13N3. The van der Waals surface area contributed by atoms with Gasteiger partial charge in [0.2, 0.25) is 0 Å². The van der Waals surface area contributed by atoms with Gasteiger partial charge in [-0.2, -0.15) is 0 Å². The molecule has 4 rings (SSSR count). The van der Waals surface area contributed by atoms with Gasteiger partial charge in [-0.25, -0.2) is 0 Å². The maximum absolute atomic E-state index is 4.28. The molecule has 4 aromatic rings. The fraction of sp³-hybridized carbons (Fsp3) is 0.125. The fourth-order valence-corrected chi connectivity index (χ4v) is 2.93. The first-order valence-electron chi connectivity index (χ1n) is 6.38. The van der Waals surface area contributed by atoms with Crippen molar-refractivity contribution >= 4 is 27.3 Å². The van der Waals surface area contributed by atoms with E-state index in [9.17, 15) is 0 Å². The molecule has 2 aromatic carbocycles. The summed E-state index contributed by atoms with van der Waals surface area (Å²) in [7, 11) is 0. The lowest BCUT2D eigenvalue weighted by atomic mass is 9.99. The Morgan fingerprint density at radius 3 is 2.47 bits per heavy atom. The van der Waals surface area contributed by atoms with Gasteiger partial charge in [-0.1, -0.05) is 36.4 Å². The predicted octanol–water partition coefficient (Wildman–Crippen LogP) is 3.65. The van der Waals surface area contributed by atoms with Crippen molar-refractivity contribution in [3.63, 3.8) is 0 Å². The molecule has 0 fully saturated rings. The lowest BCUT2D eigenvalue weighted by Crippen LogP contribution is -1.94. The summed E-state index contributed by atoms with van der Waals surface area (Å²) in [6.45, 7) is 4.29. The van der Waals surface area contributed by atoms with Gasteiger partial charge in [-0.05, 0) is 30.4 Å². The van der Waals surface area contributed by atoms with Crippen LogP contribution in [0.4, 0.5) is 0 Å². The molecule has 3 heteroatoms. The summed E-state index contributed by atoms with van der Waals surface area (Å²) in [5.74, 6) is 0. The van der Waals surface area contributed by atoms with Crippen LogP contribution in [-0.4, -0.2) is 14.6 Å². The van der Waals surface area contributed by atoms with Crippen molar-refractivity contribution in [3.05, 3.63) is 53.9 Å². The second-order valence-electron chi connectivity index (χ2n) is 4.99. The van der Waals surface area contributed by atoms with Crippen LogP contribution in [0, 0.1) is 13.8 Å². The number of nitrogens with zero attached hydrogens (tertiary/aromatic N) is 3. The van der Waals surface area contributed by atoms with Crippen LogP contribution in [0.15, 0.2) is 42.7 Å². The molecule has 0 N–H and O–H groups in total. The fourth-order valence-electron chi connectivity index (χ4n) is 2.93. The lowest BCUT2D eigenvalue weighted by Gasteiger charge is -2.11. The van der Waals surface area contributed by atoms with Gasteiger partial charge in [0, 0.05) is 10.8 Å². The summed E-state index contributed by atoms with van der Waals surface area (Å²) >= 11 is 0. The Balaban J connectivity index is 2.50. The van der Waals surface area contributed by atoms with E-state index in [4.69, 9.17) is 0 Å². The summed E-state index contributed by atoms with van der Waals surface area (Å²) < 4.78 is 2.10. The molecule has 0 aliphatic heterocycles. The average Bonchev–Trinajstić information content (AvgIpc) is 2.91. The smallest absolute Gasteiger partial charge is 0.169 e. The third kappa shape index (κ3) is 1.27. The molecule has 0 radical (unpaired) electrons. The SMILES string of the molecule is Cc1ccc(C)c2c1c1ccccc1c1nncn12. The van der Waals surface area contributed by atoms with Crippen molar-refractivity contribution in [1.29, 1.82) is 0 Å². The zero-order valence-electron chi connectivity index (χ0n) is 10.9. The number of benzene rings is 2. The molecule has 0 saturated heterocycles.